The van der Waals surface area contributed by atoms with Crippen LogP contribution in [-0.2, 0) is 19.4 Å². The van der Waals surface area contributed by atoms with E-state index in [2.05, 4.69) is 15.4 Å². The molecule has 1 aliphatic carbocycles. The molecule has 1 aliphatic heterocycles. The number of hydrogen-bond donors (Lipinski definition) is 1. The second-order valence-corrected chi connectivity index (χ2v) is 11.1. The van der Waals surface area contributed by atoms with E-state index in [1.54, 1.807) is 0 Å². The molecule has 164 valence electrons. The third-order valence-corrected chi connectivity index (χ3v) is 8.79. The van der Waals surface area contributed by atoms with Crippen molar-refractivity contribution in [1.29, 1.82) is 0 Å². The number of ether oxygens (including phenoxy) is 1. The van der Waals surface area contributed by atoms with Gasteiger partial charge in [-0.25, -0.2) is 13.4 Å². The lowest BCUT2D eigenvalue weighted by Gasteiger charge is -2.26. The molecule has 8 nitrogen and oxygen atoms in total. The summed E-state index contributed by atoms with van der Waals surface area (Å²) in [7, 11) is -3.46. The van der Waals surface area contributed by atoms with Gasteiger partial charge in [0.1, 0.15) is 10.9 Å². The Labute approximate surface area is 178 Å². The van der Waals surface area contributed by atoms with Crippen LogP contribution >= 0.6 is 11.3 Å². The monoisotopic (exact) mass is 456 g/mol. The molecule has 1 saturated heterocycles. The number of hydrogen-bond acceptors (Lipinski definition) is 7. The molecule has 4 rings (SSSR count). The van der Waals surface area contributed by atoms with Crippen LogP contribution in [0.1, 0.15) is 51.0 Å². The van der Waals surface area contributed by atoms with E-state index in [4.69, 9.17) is 4.74 Å². The fraction of sp³-hybridized carbons (Fsp3) is 0.632. The van der Waals surface area contributed by atoms with Crippen molar-refractivity contribution < 1.29 is 22.3 Å². The van der Waals surface area contributed by atoms with E-state index >= 15 is 0 Å². The van der Waals surface area contributed by atoms with Crippen LogP contribution in [0.2, 0.25) is 0 Å². The molecule has 0 aromatic carbocycles. The lowest BCUT2D eigenvalue weighted by atomic mass is 9.92. The number of carbonyl (C=O) groups is 1. The van der Waals surface area contributed by atoms with Crippen LogP contribution < -0.4 is 5.32 Å². The highest BCUT2D eigenvalue weighted by atomic mass is 32.2. The van der Waals surface area contributed by atoms with Crippen molar-refractivity contribution in [3.63, 3.8) is 0 Å². The first-order valence-corrected chi connectivity index (χ1v) is 12.6. The molecule has 1 atom stereocenters. The largest absolute Gasteiger partial charge is 0.381 e. The van der Waals surface area contributed by atoms with Crippen LogP contribution in [0.4, 0.5) is 9.52 Å². The SMILES string of the molecule is O=C(Nc1ncc(F)s1)[C@@H](CC1CCOCC1)n1cc(S(=O)(=O)C2CCCC2)cn1. The van der Waals surface area contributed by atoms with Crippen LogP contribution in [0.15, 0.2) is 23.5 Å². The Kier molecular flexibility index (Phi) is 6.49. The molecule has 3 heterocycles. The van der Waals surface area contributed by atoms with Crippen molar-refractivity contribution in [1.82, 2.24) is 14.8 Å². The van der Waals surface area contributed by atoms with E-state index in [9.17, 15) is 17.6 Å². The van der Waals surface area contributed by atoms with Crippen LogP contribution in [0.5, 0.6) is 0 Å². The number of anilines is 1. The zero-order valence-corrected chi connectivity index (χ0v) is 18.1. The minimum atomic E-state index is -3.46. The number of sulfone groups is 1. The lowest BCUT2D eigenvalue weighted by Crippen LogP contribution is -2.30. The van der Waals surface area contributed by atoms with Crippen molar-refractivity contribution in [2.24, 2.45) is 5.92 Å². The standard InChI is InChI=1S/C19H25FN4O4S2/c20-17-11-21-19(29-17)23-18(25)16(9-13-5-7-28-8-6-13)24-12-15(10-22-24)30(26,27)14-3-1-2-4-14/h10-14,16H,1-9H2,(H,21,23,25)/t16-/m1/s1. The molecule has 30 heavy (non-hydrogen) atoms. The maximum Gasteiger partial charge on any atom is 0.251 e. The number of nitrogens with one attached hydrogen (secondary N) is 1. The van der Waals surface area contributed by atoms with Gasteiger partial charge in [-0.2, -0.15) is 9.49 Å². The van der Waals surface area contributed by atoms with Gasteiger partial charge in [0.15, 0.2) is 20.1 Å². The minimum absolute atomic E-state index is 0.152. The highest BCUT2D eigenvalue weighted by molar-refractivity contribution is 7.92. The average Bonchev–Trinajstić information content (AvgIpc) is 3.49. The van der Waals surface area contributed by atoms with Gasteiger partial charge in [-0.3, -0.25) is 9.48 Å². The van der Waals surface area contributed by atoms with Crippen molar-refractivity contribution in [2.75, 3.05) is 18.5 Å². The predicted octanol–water partition coefficient (Wildman–Crippen LogP) is 3.19. The number of thiazole rings is 1. The van der Waals surface area contributed by atoms with Crippen molar-refractivity contribution in [3.05, 3.63) is 23.7 Å². The van der Waals surface area contributed by atoms with Gasteiger partial charge in [0.2, 0.25) is 0 Å². The Morgan fingerprint density at radius 2 is 2.00 bits per heavy atom. The van der Waals surface area contributed by atoms with Crippen LogP contribution in [0.25, 0.3) is 0 Å². The molecule has 2 aromatic rings. The maximum atomic E-state index is 13.3. The molecule has 1 amide bonds. The summed E-state index contributed by atoms with van der Waals surface area (Å²) in [6.07, 6.45) is 9.13. The zero-order chi connectivity index (χ0) is 21.1. The number of nitrogens with zero attached hydrogens (tertiary/aromatic N) is 3. The third-order valence-electron chi connectivity index (χ3n) is 5.87. The number of amides is 1. The number of carbonyl (C=O) groups excluding carboxylic acids is 1. The molecular weight excluding hydrogens is 431 g/mol. The molecule has 2 aliphatic rings. The molecule has 2 fully saturated rings. The summed E-state index contributed by atoms with van der Waals surface area (Å²) < 4.78 is 45.9. The summed E-state index contributed by atoms with van der Waals surface area (Å²) in [6.45, 7) is 1.27. The number of aromatic nitrogens is 3. The topological polar surface area (TPSA) is 103 Å². The molecule has 0 unspecified atom stereocenters. The Morgan fingerprint density at radius 3 is 2.67 bits per heavy atom. The highest BCUT2D eigenvalue weighted by Gasteiger charge is 2.33. The van der Waals surface area contributed by atoms with Gasteiger partial charge in [-0.15, -0.1) is 0 Å². The Bertz CT molecular complexity index is 978. The summed E-state index contributed by atoms with van der Waals surface area (Å²) in [4.78, 5) is 17.0. The number of rotatable bonds is 7. The van der Waals surface area contributed by atoms with Gasteiger partial charge < -0.3 is 10.1 Å². The fourth-order valence-electron chi connectivity index (χ4n) is 4.16. The Hall–Kier alpha value is -1.85. The van der Waals surface area contributed by atoms with E-state index in [0.717, 1.165) is 43.2 Å². The van der Waals surface area contributed by atoms with Crippen molar-refractivity contribution in [2.45, 2.75) is 61.1 Å². The summed E-state index contributed by atoms with van der Waals surface area (Å²) in [5.41, 5.74) is 0. The van der Waals surface area contributed by atoms with Crippen molar-refractivity contribution in [3.8, 4) is 0 Å². The summed E-state index contributed by atoms with van der Waals surface area (Å²) in [6, 6.07) is -0.715. The second kappa shape index (κ2) is 9.11. The second-order valence-electron chi connectivity index (χ2n) is 7.87. The molecular formula is C19H25FN4O4S2. The van der Waals surface area contributed by atoms with Gasteiger partial charge >= 0.3 is 0 Å². The molecule has 2 aromatic heterocycles. The summed E-state index contributed by atoms with van der Waals surface area (Å²) in [5, 5.41) is 6.18. The average molecular weight is 457 g/mol. The first-order chi connectivity index (χ1) is 14.4. The Balaban J connectivity index is 1.56. The first-order valence-electron chi connectivity index (χ1n) is 10.2. The van der Waals surface area contributed by atoms with E-state index in [0.29, 0.717) is 32.5 Å². The van der Waals surface area contributed by atoms with Gasteiger partial charge in [-0.1, -0.05) is 24.2 Å². The smallest absolute Gasteiger partial charge is 0.251 e. The quantitative estimate of drug-likeness (QED) is 0.686. The van der Waals surface area contributed by atoms with Gasteiger partial charge in [0, 0.05) is 19.4 Å². The zero-order valence-electron chi connectivity index (χ0n) is 16.5. The van der Waals surface area contributed by atoms with Gasteiger partial charge in [0.25, 0.3) is 5.91 Å². The molecule has 0 radical (unpaired) electrons. The maximum absolute atomic E-state index is 13.3. The van der Waals surface area contributed by atoms with E-state index < -0.39 is 21.0 Å². The lowest BCUT2D eigenvalue weighted by molar-refractivity contribution is -0.120. The first kappa shape index (κ1) is 21.4. The molecule has 1 N–H and O–H groups in total. The summed E-state index contributed by atoms with van der Waals surface area (Å²) >= 11 is 0.746. The minimum Gasteiger partial charge on any atom is -0.381 e. The van der Waals surface area contributed by atoms with E-state index in [1.165, 1.54) is 17.1 Å². The molecule has 0 bridgehead atoms. The number of halogens is 1. The molecule has 11 heteroatoms. The van der Waals surface area contributed by atoms with Crippen LogP contribution in [0.3, 0.4) is 0 Å². The Morgan fingerprint density at radius 1 is 1.27 bits per heavy atom. The van der Waals surface area contributed by atoms with Gasteiger partial charge in [0.05, 0.1) is 17.6 Å². The van der Waals surface area contributed by atoms with E-state index in [-0.39, 0.29) is 27.1 Å². The fourth-order valence-corrected chi connectivity index (χ4v) is 6.50. The summed E-state index contributed by atoms with van der Waals surface area (Å²) in [5.74, 6) is -0.134. The molecule has 1 saturated carbocycles. The predicted molar refractivity (Wildman–Crippen MR) is 110 cm³/mol. The molecule has 0 spiro atoms. The van der Waals surface area contributed by atoms with Crippen LogP contribution in [-0.4, -0.2) is 47.6 Å². The van der Waals surface area contributed by atoms with E-state index in [1.807, 2.05) is 0 Å². The third kappa shape index (κ3) is 4.73. The van der Waals surface area contributed by atoms with Crippen LogP contribution in [0, 0.1) is 11.0 Å². The van der Waals surface area contributed by atoms with Crippen molar-refractivity contribution >= 4 is 32.2 Å². The normalized spacial score (nSPS) is 19.8. The highest BCUT2D eigenvalue weighted by Crippen LogP contribution is 2.31. The van der Waals surface area contributed by atoms with Gasteiger partial charge in [-0.05, 0) is 38.0 Å².